The highest BCUT2D eigenvalue weighted by atomic mass is 32.2. The molecule has 2 N–H and O–H groups in total. The fraction of sp³-hybridized carbons (Fsp3) is 0.231. The third-order valence-electron chi connectivity index (χ3n) is 2.85. The molecule has 1 aliphatic heterocycles. The first-order chi connectivity index (χ1) is 9.41. The molecule has 1 atom stereocenters. The summed E-state index contributed by atoms with van der Waals surface area (Å²) >= 11 is 1.16. The Morgan fingerprint density at radius 3 is 2.70 bits per heavy atom. The predicted octanol–water partition coefficient (Wildman–Crippen LogP) is 2.34. The molecule has 1 unspecified atom stereocenters. The van der Waals surface area contributed by atoms with Crippen LogP contribution in [0.1, 0.15) is 19.4 Å². The van der Waals surface area contributed by atoms with Crippen LogP contribution in [-0.4, -0.2) is 21.9 Å². The van der Waals surface area contributed by atoms with Gasteiger partial charge in [-0.3, -0.25) is 19.9 Å². The molecule has 2 rings (SSSR count). The number of hydrogen-bond acceptors (Lipinski definition) is 6. The molecule has 1 aromatic carbocycles. The number of thioether (sulfide) groups is 1. The van der Waals surface area contributed by atoms with Crippen molar-refractivity contribution in [2.45, 2.75) is 19.3 Å². The molecule has 0 saturated carbocycles. The van der Waals surface area contributed by atoms with E-state index in [1.165, 1.54) is 13.0 Å². The van der Waals surface area contributed by atoms with Crippen LogP contribution in [0.3, 0.4) is 0 Å². The smallest absolute Gasteiger partial charge is 0.277 e. The summed E-state index contributed by atoms with van der Waals surface area (Å²) in [6.45, 7) is 3.10. The van der Waals surface area contributed by atoms with Gasteiger partial charge in [-0.15, -0.1) is 0 Å². The maximum absolute atomic E-state index is 11.8. The van der Waals surface area contributed by atoms with Crippen LogP contribution < -0.4 is 5.73 Å². The normalized spacial score (nSPS) is 18.8. The highest BCUT2D eigenvalue weighted by Gasteiger charge is 2.28. The molecule has 6 nitrogen and oxygen atoms in total. The van der Waals surface area contributed by atoms with E-state index in [1.54, 1.807) is 25.1 Å². The van der Waals surface area contributed by atoms with Gasteiger partial charge in [0, 0.05) is 16.7 Å². The van der Waals surface area contributed by atoms with E-state index >= 15 is 0 Å². The molecule has 0 bridgehead atoms. The fourth-order valence-corrected chi connectivity index (χ4v) is 3.22. The molecule has 0 fully saturated rings. The van der Waals surface area contributed by atoms with Crippen molar-refractivity contribution in [3.8, 4) is 0 Å². The zero-order chi connectivity index (χ0) is 14.9. The number of benzene rings is 1. The SMILES string of the molecule is CC(=O)C1=C(c2ccccc2[N+](=O)[O-])SC(N)N=C1C. The lowest BCUT2D eigenvalue weighted by Gasteiger charge is -2.21. The first kappa shape index (κ1) is 14.4. The average Bonchev–Trinajstić information content (AvgIpc) is 2.37. The monoisotopic (exact) mass is 291 g/mol. The molecule has 20 heavy (non-hydrogen) atoms. The van der Waals surface area contributed by atoms with Crippen LogP contribution in [-0.2, 0) is 4.79 Å². The number of nitro benzene ring substituents is 1. The van der Waals surface area contributed by atoms with Gasteiger partial charge >= 0.3 is 0 Å². The minimum atomic E-state index is -0.562. The Hall–Kier alpha value is -1.99. The first-order valence-corrected chi connectivity index (χ1v) is 6.75. The lowest BCUT2D eigenvalue weighted by molar-refractivity contribution is -0.385. The van der Waals surface area contributed by atoms with Crippen molar-refractivity contribution >= 4 is 33.8 Å². The highest BCUT2D eigenvalue weighted by molar-refractivity contribution is 8.09. The number of rotatable bonds is 3. The molecule has 0 amide bonds. The van der Waals surface area contributed by atoms with Crippen molar-refractivity contribution in [2.24, 2.45) is 10.7 Å². The molecule has 7 heteroatoms. The second kappa shape index (κ2) is 5.56. The Balaban J connectivity index is 2.70. The van der Waals surface area contributed by atoms with Crippen molar-refractivity contribution in [3.05, 3.63) is 45.5 Å². The fourth-order valence-electron chi connectivity index (χ4n) is 2.06. The topological polar surface area (TPSA) is 98.6 Å². The van der Waals surface area contributed by atoms with Crippen LogP contribution in [0.2, 0.25) is 0 Å². The van der Waals surface area contributed by atoms with Crippen LogP contribution in [0.4, 0.5) is 5.69 Å². The molecule has 0 aliphatic carbocycles. The Labute approximate surface area is 119 Å². The number of allylic oxidation sites excluding steroid dienone is 1. The lowest BCUT2D eigenvalue weighted by Crippen LogP contribution is -2.23. The number of Topliss-reactive ketones (excluding diaryl/α,β-unsaturated/α-hetero) is 1. The van der Waals surface area contributed by atoms with E-state index in [-0.39, 0.29) is 11.5 Å². The van der Waals surface area contributed by atoms with Crippen LogP contribution >= 0.6 is 11.8 Å². The summed E-state index contributed by atoms with van der Waals surface area (Å²) in [7, 11) is 0. The molecular weight excluding hydrogens is 278 g/mol. The van der Waals surface area contributed by atoms with Crippen LogP contribution in [0.5, 0.6) is 0 Å². The number of carbonyl (C=O) groups excluding carboxylic acids is 1. The Kier molecular flexibility index (Phi) is 4.01. The summed E-state index contributed by atoms with van der Waals surface area (Å²) in [5.74, 6) is -0.182. The maximum Gasteiger partial charge on any atom is 0.277 e. The van der Waals surface area contributed by atoms with Gasteiger partial charge in [-0.05, 0) is 19.9 Å². The third-order valence-corrected chi connectivity index (χ3v) is 3.85. The standard InChI is InChI=1S/C13H13N3O3S/c1-7-11(8(2)17)12(20-13(14)15-7)9-5-3-4-6-10(9)16(18)19/h3-6,13H,14H2,1-2H3. The summed E-state index contributed by atoms with van der Waals surface area (Å²) in [5.41, 5.74) is 6.50. The summed E-state index contributed by atoms with van der Waals surface area (Å²) < 4.78 is 0. The second-order valence-electron chi connectivity index (χ2n) is 4.26. The number of para-hydroxylation sites is 1. The molecular formula is C13H13N3O3S. The quantitative estimate of drug-likeness (QED) is 0.680. The first-order valence-electron chi connectivity index (χ1n) is 5.88. The number of ketones is 1. The Morgan fingerprint density at radius 2 is 2.10 bits per heavy atom. The van der Waals surface area contributed by atoms with E-state index in [4.69, 9.17) is 5.73 Å². The summed E-state index contributed by atoms with van der Waals surface area (Å²) in [5, 5.41) is 11.1. The maximum atomic E-state index is 11.8. The number of nitrogens with zero attached hydrogens (tertiary/aromatic N) is 2. The molecule has 0 spiro atoms. The zero-order valence-corrected chi connectivity index (χ0v) is 11.8. The second-order valence-corrected chi connectivity index (χ2v) is 5.38. The largest absolute Gasteiger partial charge is 0.301 e. The van der Waals surface area contributed by atoms with Gasteiger partial charge in [0.2, 0.25) is 0 Å². The van der Waals surface area contributed by atoms with Gasteiger partial charge in [0.05, 0.1) is 16.1 Å². The number of nitro groups is 1. The lowest BCUT2D eigenvalue weighted by atomic mass is 10.0. The minimum Gasteiger partial charge on any atom is -0.301 e. The van der Waals surface area contributed by atoms with E-state index in [9.17, 15) is 14.9 Å². The highest BCUT2D eigenvalue weighted by Crippen LogP contribution is 2.40. The van der Waals surface area contributed by atoms with Gasteiger partial charge in [0.25, 0.3) is 5.69 Å². The number of carbonyl (C=O) groups is 1. The average molecular weight is 291 g/mol. The van der Waals surface area contributed by atoms with Crippen molar-refractivity contribution in [1.29, 1.82) is 0 Å². The molecule has 0 saturated heterocycles. The van der Waals surface area contributed by atoms with E-state index in [0.717, 1.165) is 11.8 Å². The van der Waals surface area contributed by atoms with Gasteiger partial charge in [-0.1, -0.05) is 23.9 Å². The number of hydrogen-bond donors (Lipinski definition) is 1. The van der Waals surface area contributed by atoms with Crippen molar-refractivity contribution in [2.75, 3.05) is 0 Å². The predicted molar refractivity (Wildman–Crippen MR) is 79.4 cm³/mol. The summed E-state index contributed by atoms with van der Waals surface area (Å²) in [6, 6.07) is 6.31. The van der Waals surface area contributed by atoms with Gasteiger partial charge in [0.1, 0.15) is 5.50 Å². The number of aliphatic imine (C=N–C) groups is 1. The van der Waals surface area contributed by atoms with E-state index < -0.39 is 10.4 Å². The van der Waals surface area contributed by atoms with Crippen LogP contribution in [0.15, 0.2) is 34.8 Å². The molecule has 0 radical (unpaired) electrons. The molecule has 1 aliphatic rings. The van der Waals surface area contributed by atoms with Gasteiger partial charge in [-0.25, -0.2) is 0 Å². The minimum absolute atomic E-state index is 0.0457. The van der Waals surface area contributed by atoms with Crippen molar-refractivity contribution in [1.82, 2.24) is 0 Å². The molecule has 1 heterocycles. The molecule has 1 aromatic rings. The summed E-state index contributed by atoms with van der Waals surface area (Å²) in [6.07, 6.45) is 0. The van der Waals surface area contributed by atoms with Gasteiger partial charge in [0.15, 0.2) is 5.78 Å². The number of nitrogens with two attached hydrogens (primary N) is 1. The van der Waals surface area contributed by atoms with E-state index in [0.29, 0.717) is 21.8 Å². The van der Waals surface area contributed by atoms with Crippen molar-refractivity contribution < 1.29 is 9.72 Å². The van der Waals surface area contributed by atoms with E-state index in [2.05, 4.69) is 4.99 Å². The van der Waals surface area contributed by atoms with E-state index in [1.807, 2.05) is 0 Å². The third kappa shape index (κ3) is 2.63. The van der Waals surface area contributed by atoms with Crippen molar-refractivity contribution in [3.63, 3.8) is 0 Å². The van der Waals surface area contributed by atoms with Crippen LogP contribution in [0.25, 0.3) is 4.91 Å². The zero-order valence-electron chi connectivity index (χ0n) is 11.0. The van der Waals surface area contributed by atoms with Gasteiger partial charge in [-0.2, -0.15) is 0 Å². The Morgan fingerprint density at radius 1 is 1.45 bits per heavy atom. The Bertz CT molecular complexity index is 652. The van der Waals surface area contributed by atoms with Gasteiger partial charge < -0.3 is 5.73 Å². The molecule has 104 valence electrons. The summed E-state index contributed by atoms with van der Waals surface area (Å²) in [4.78, 5) is 27.1. The molecule has 0 aromatic heterocycles. The van der Waals surface area contributed by atoms with Crippen LogP contribution in [0, 0.1) is 10.1 Å².